The van der Waals surface area contributed by atoms with Gasteiger partial charge in [-0.25, -0.2) is 0 Å². The van der Waals surface area contributed by atoms with Gasteiger partial charge in [0.15, 0.2) is 0 Å². The third kappa shape index (κ3) is 2.46. The Morgan fingerprint density at radius 1 is 1.64 bits per heavy atom. The Kier molecular flexibility index (Phi) is 2.44. The van der Waals surface area contributed by atoms with Crippen molar-refractivity contribution < 1.29 is 9.66 Å². The topological polar surface area (TPSA) is 52.4 Å². The summed E-state index contributed by atoms with van der Waals surface area (Å²) in [5, 5.41) is 9.97. The van der Waals surface area contributed by atoms with E-state index in [1.165, 1.54) is 0 Å². The highest BCUT2D eigenvalue weighted by Gasteiger charge is 2.32. The molecule has 0 aromatic heterocycles. The zero-order chi connectivity index (χ0) is 8.32. The van der Waals surface area contributed by atoms with E-state index in [-0.39, 0.29) is 16.9 Å². The van der Waals surface area contributed by atoms with E-state index >= 15 is 0 Å². The average molecular weight is 159 g/mol. The Morgan fingerprint density at radius 2 is 2.27 bits per heavy atom. The van der Waals surface area contributed by atoms with Gasteiger partial charge < -0.3 is 4.74 Å². The molecule has 64 valence electrons. The summed E-state index contributed by atoms with van der Waals surface area (Å²) in [5.74, 6) is 0. The summed E-state index contributed by atoms with van der Waals surface area (Å²) in [7, 11) is 0. The molecule has 1 aliphatic heterocycles. The molecule has 0 aromatic carbocycles. The minimum Gasteiger partial charge on any atom is -0.380 e. The Labute approximate surface area is 65.7 Å². The highest BCUT2D eigenvalue weighted by atomic mass is 16.6. The van der Waals surface area contributed by atoms with Gasteiger partial charge in [0, 0.05) is 16.8 Å². The van der Waals surface area contributed by atoms with Crippen LogP contribution in [0.15, 0.2) is 0 Å². The van der Waals surface area contributed by atoms with Crippen molar-refractivity contribution in [1.29, 1.82) is 0 Å². The second-order valence-corrected chi connectivity index (χ2v) is 3.46. The number of hydrogen-bond acceptors (Lipinski definition) is 3. The van der Waals surface area contributed by atoms with Gasteiger partial charge in [-0.05, 0) is 6.42 Å². The maximum Gasteiger partial charge on any atom is 0.203 e. The predicted octanol–water partition coefficient (Wildman–Crippen LogP) is 1.08. The third-order valence-electron chi connectivity index (χ3n) is 2.02. The molecule has 1 fully saturated rings. The number of ether oxygens (including phenoxy) is 1. The number of rotatable bonds is 4. The first-order chi connectivity index (χ1) is 5.12. The van der Waals surface area contributed by atoms with E-state index in [0.29, 0.717) is 6.42 Å². The second-order valence-electron chi connectivity index (χ2n) is 3.46. The quantitative estimate of drug-likeness (QED) is 0.455. The smallest absolute Gasteiger partial charge is 0.203 e. The predicted molar refractivity (Wildman–Crippen MR) is 40.0 cm³/mol. The Morgan fingerprint density at radius 3 is 2.64 bits per heavy atom. The number of nitrogens with zero attached hydrogens (tertiary/aromatic N) is 1. The first-order valence-electron chi connectivity index (χ1n) is 3.82. The zero-order valence-corrected chi connectivity index (χ0v) is 6.71. The molecule has 0 atom stereocenters. The fourth-order valence-electron chi connectivity index (χ4n) is 1.23. The van der Waals surface area contributed by atoms with Crippen molar-refractivity contribution in [2.45, 2.75) is 19.8 Å². The summed E-state index contributed by atoms with van der Waals surface area (Å²) in [5.41, 5.74) is 0.232. The van der Waals surface area contributed by atoms with Gasteiger partial charge in [0.2, 0.25) is 6.54 Å². The van der Waals surface area contributed by atoms with E-state index < -0.39 is 0 Å². The molecule has 1 rings (SSSR count). The molecule has 1 heterocycles. The molecule has 4 nitrogen and oxygen atoms in total. The van der Waals surface area contributed by atoms with Gasteiger partial charge in [0.05, 0.1) is 13.2 Å². The van der Waals surface area contributed by atoms with Crippen LogP contribution in [0.4, 0.5) is 0 Å². The van der Waals surface area contributed by atoms with Crippen LogP contribution in [0.5, 0.6) is 0 Å². The van der Waals surface area contributed by atoms with E-state index in [4.69, 9.17) is 4.74 Å². The van der Waals surface area contributed by atoms with Gasteiger partial charge in [-0.15, -0.1) is 0 Å². The Hall–Kier alpha value is -0.640. The molecule has 0 unspecified atom stereocenters. The van der Waals surface area contributed by atoms with Crippen molar-refractivity contribution in [3.05, 3.63) is 10.1 Å². The third-order valence-corrected chi connectivity index (χ3v) is 2.02. The number of hydrogen-bond donors (Lipinski definition) is 0. The van der Waals surface area contributed by atoms with Gasteiger partial charge >= 0.3 is 0 Å². The van der Waals surface area contributed by atoms with Gasteiger partial charge in [-0.2, -0.15) is 0 Å². The van der Waals surface area contributed by atoms with Crippen LogP contribution in [-0.4, -0.2) is 24.7 Å². The maximum atomic E-state index is 9.97. The monoisotopic (exact) mass is 159 g/mol. The summed E-state index contributed by atoms with van der Waals surface area (Å²) in [4.78, 5) is 9.70. The molecular weight excluding hydrogens is 146 g/mol. The SMILES string of the molecule is CC1(CCC[N+](=O)[O-])COC1. The molecule has 11 heavy (non-hydrogen) atoms. The van der Waals surface area contributed by atoms with Crippen molar-refractivity contribution in [3.63, 3.8) is 0 Å². The standard InChI is InChI=1S/C7H13NO3/c1-7(5-11-6-7)3-2-4-8(9)10/h2-6H2,1H3. The first kappa shape index (κ1) is 8.46. The van der Waals surface area contributed by atoms with E-state index in [9.17, 15) is 10.1 Å². The van der Waals surface area contributed by atoms with Gasteiger partial charge in [0.25, 0.3) is 0 Å². The van der Waals surface area contributed by atoms with Crippen molar-refractivity contribution in [3.8, 4) is 0 Å². The van der Waals surface area contributed by atoms with E-state index in [0.717, 1.165) is 19.6 Å². The van der Waals surface area contributed by atoms with Gasteiger partial charge in [0.1, 0.15) is 0 Å². The van der Waals surface area contributed by atoms with Crippen LogP contribution in [0.2, 0.25) is 0 Å². The summed E-state index contributed by atoms with van der Waals surface area (Å²) in [6.45, 7) is 3.74. The van der Waals surface area contributed by atoms with Crippen LogP contribution >= 0.6 is 0 Å². The molecule has 0 bridgehead atoms. The molecule has 0 N–H and O–H groups in total. The molecule has 4 heteroatoms. The minimum absolute atomic E-state index is 0.0928. The van der Waals surface area contributed by atoms with Crippen LogP contribution in [0.3, 0.4) is 0 Å². The largest absolute Gasteiger partial charge is 0.380 e. The molecule has 0 aromatic rings. The Bertz CT molecular complexity index is 154. The molecule has 1 aliphatic rings. The van der Waals surface area contributed by atoms with Crippen molar-refractivity contribution in [2.24, 2.45) is 5.41 Å². The second kappa shape index (κ2) is 3.17. The van der Waals surface area contributed by atoms with Crippen molar-refractivity contribution in [2.75, 3.05) is 19.8 Å². The average Bonchev–Trinajstić information content (AvgIpc) is 1.83. The fraction of sp³-hybridized carbons (Fsp3) is 1.00. The molecule has 0 radical (unpaired) electrons. The highest BCUT2D eigenvalue weighted by Crippen LogP contribution is 2.31. The lowest BCUT2D eigenvalue weighted by atomic mass is 9.84. The van der Waals surface area contributed by atoms with Crippen LogP contribution in [0.25, 0.3) is 0 Å². The fourth-order valence-corrected chi connectivity index (χ4v) is 1.23. The minimum atomic E-state index is -0.261. The molecule has 1 saturated heterocycles. The molecular formula is C7H13NO3. The first-order valence-corrected chi connectivity index (χ1v) is 3.82. The van der Waals surface area contributed by atoms with Crippen LogP contribution in [0, 0.1) is 15.5 Å². The van der Waals surface area contributed by atoms with Gasteiger partial charge in [-0.1, -0.05) is 6.92 Å². The lowest BCUT2D eigenvalue weighted by molar-refractivity contribution is -0.481. The zero-order valence-electron chi connectivity index (χ0n) is 6.71. The summed E-state index contributed by atoms with van der Waals surface area (Å²) in [6.07, 6.45) is 1.58. The summed E-state index contributed by atoms with van der Waals surface area (Å²) < 4.78 is 5.03. The highest BCUT2D eigenvalue weighted by molar-refractivity contribution is 4.79. The van der Waals surface area contributed by atoms with E-state index in [1.54, 1.807) is 0 Å². The van der Waals surface area contributed by atoms with Gasteiger partial charge in [-0.3, -0.25) is 10.1 Å². The lowest BCUT2D eigenvalue weighted by Gasteiger charge is -2.37. The summed E-state index contributed by atoms with van der Waals surface area (Å²) >= 11 is 0. The van der Waals surface area contributed by atoms with Crippen LogP contribution < -0.4 is 0 Å². The summed E-state index contributed by atoms with van der Waals surface area (Å²) in [6, 6.07) is 0. The lowest BCUT2D eigenvalue weighted by Crippen LogP contribution is -2.39. The van der Waals surface area contributed by atoms with E-state index in [2.05, 4.69) is 6.92 Å². The van der Waals surface area contributed by atoms with E-state index in [1.807, 2.05) is 0 Å². The molecule has 0 saturated carbocycles. The maximum absolute atomic E-state index is 9.97. The van der Waals surface area contributed by atoms with Crippen molar-refractivity contribution in [1.82, 2.24) is 0 Å². The molecule has 0 aliphatic carbocycles. The molecule has 0 spiro atoms. The molecule has 0 amide bonds. The Balaban J connectivity index is 2.07. The number of nitro groups is 1. The van der Waals surface area contributed by atoms with Crippen LogP contribution in [-0.2, 0) is 4.74 Å². The van der Waals surface area contributed by atoms with Crippen molar-refractivity contribution >= 4 is 0 Å². The van der Waals surface area contributed by atoms with Crippen LogP contribution in [0.1, 0.15) is 19.8 Å². The normalized spacial score (nSPS) is 20.8.